The predicted octanol–water partition coefficient (Wildman–Crippen LogP) is 3.25. The molecule has 110 valence electrons. The van der Waals surface area contributed by atoms with Crippen molar-refractivity contribution >= 4 is 10.0 Å². The van der Waals surface area contributed by atoms with Crippen molar-refractivity contribution in [2.45, 2.75) is 30.2 Å². The molecule has 0 spiro atoms. The van der Waals surface area contributed by atoms with Gasteiger partial charge in [-0.3, -0.25) is 0 Å². The summed E-state index contributed by atoms with van der Waals surface area (Å²) >= 11 is 0. The molecule has 0 amide bonds. The minimum absolute atomic E-state index is 0.0161. The zero-order valence-electron chi connectivity index (χ0n) is 12.0. The molecule has 1 aliphatic heterocycles. The Morgan fingerprint density at radius 1 is 0.952 bits per heavy atom. The maximum Gasteiger partial charge on any atom is 0.243 e. The van der Waals surface area contributed by atoms with Crippen molar-refractivity contribution in [3.05, 3.63) is 66.2 Å². The number of hydrogen-bond donors (Lipinski definition) is 0. The normalized spacial score (nSPS) is 23.3. The number of nitrogens with zero attached hydrogens (tertiary/aromatic N) is 1. The Morgan fingerprint density at radius 3 is 2.14 bits per heavy atom. The Balaban J connectivity index is 1.89. The Kier molecular flexibility index (Phi) is 3.83. The third-order valence-electron chi connectivity index (χ3n) is 4.27. The Hall–Kier alpha value is -1.65. The van der Waals surface area contributed by atoms with E-state index >= 15 is 0 Å². The summed E-state index contributed by atoms with van der Waals surface area (Å²) in [4.78, 5) is 0.380. The summed E-state index contributed by atoms with van der Waals surface area (Å²) in [6.45, 7) is 2.59. The van der Waals surface area contributed by atoms with Gasteiger partial charge in [0.25, 0.3) is 0 Å². The molecule has 3 rings (SSSR count). The van der Waals surface area contributed by atoms with E-state index in [-0.39, 0.29) is 12.0 Å². The Labute approximate surface area is 126 Å². The third kappa shape index (κ3) is 2.61. The van der Waals surface area contributed by atoms with Crippen molar-refractivity contribution < 1.29 is 8.42 Å². The van der Waals surface area contributed by atoms with Crippen LogP contribution < -0.4 is 0 Å². The van der Waals surface area contributed by atoms with Crippen molar-refractivity contribution in [1.29, 1.82) is 0 Å². The highest BCUT2D eigenvalue weighted by molar-refractivity contribution is 7.89. The quantitative estimate of drug-likeness (QED) is 0.872. The van der Waals surface area contributed by atoms with Gasteiger partial charge < -0.3 is 0 Å². The first-order valence-electron chi connectivity index (χ1n) is 7.22. The summed E-state index contributed by atoms with van der Waals surface area (Å²) in [7, 11) is -3.40. The van der Waals surface area contributed by atoms with Gasteiger partial charge in [0.15, 0.2) is 0 Å². The summed E-state index contributed by atoms with van der Waals surface area (Å²) in [6.07, 6.45) is 0.872. The minimum atomic E-state index is -3.40. The molecule has 2 aromatic rings. The smallest absolute Gasteiger partial charge is 0.207 e. The zero-order chi connectivity index (χ0) is 14.9. The molecule has 1 saturated heterocycles. The largest absolute Gasteiger partial charge is 0.243 e. The standard InChI is InChI=1S/C17H19NO2S/c1-14-17(15-8-4-2-5-9-15)12-13-18(14)21(19,20)16-10-6-3-7-11-16/h2-11,14,17H,12-13H2,1H3. The van der Waals surface area contributed by atoms with Crippen molar-refractivity contribution in [3.8, 4) is 0 Å². The van der Waals surface area contributed by atoms with E-state index < -0.39 is 10.0 Å². The molecule has 2 unspecified atom stereocenters. The topological polar surface area (TPSA) is 37.4 Å². The highest BCUT2D eigenvalue weighted by atomic mass is 32.2. The van der Waals surface area contributed by atoms with Crippen LogP contribution in [0.25, 0.3) is 0 Å². The highest BCUT2D eigenvalue weighted by Crippen LogP contribution is 2.36. The van der Waals surface area contributed by atoms with Gasteiger partial charge in [0.2, 0.25) is 10.0 Å². The molecule has 0 saturated carbocycles. The highest BCUT2D eigenvalue weighted by Gasteiger charge is 2.39. The molecular weight excluding hydrogens is 282 g/mol. The Morgan fingerprint density at radius 2 is 1.52 bits per heavy atom. The van der Waals surface area contributed by atoms with Gasteiger partial charge in [-0.15, -0.1) is 0 Å². The molecule has 1 heterocycles. The van der Waals surface area contributed by atoms with Crippen molar-refractivity contribution in [3.63, 3.8) is 0 Å². The van der Waals surface area contributed by atoms with E-state index in [9.17, 15) is 8.42 Å². The van der Waals surface area contributed by atoms with E-state index in [1.807, 2.05) is 31.2 Å². The van der Waals surface area contributed by atoms with Crippen molar-refractivity contribution in [1.82, 2.24) is 4.31 Å². The van der Waals surface area contributed by atoms with E-state index in [1.54, 1.807) is 28.6 Å². The third-order valence-corrected chi connectivity index (χ3v) is 6.28. The predicted molar refractivity (Wildman–Crippen MR) is 83.6 cm³/mol. The van der Waals surface area contributed by atoms with Crippen LogP contribution in [0.15, 0.2) is 65.6 Å². The first-order chi connectivity index (χ1) is 10.1. The van der Waals surface area contributed by atoms with Gasteiger partial charge in [-0.2, -0.15) is 4.31 Å². The van der Waals surface area contributed by atoms with E-state index in [2.05, 4.69) is 12.1 Å². The second-order valence-electron chi connectivity index (χ2n) is 5.48. The van der Waals surface area contributed by atoms with Gasteiger partial charge in [0.1, 0.15) is 0 Å². The Bertz CT molecular complexity index is 698. The first-order valence-corrected chi connectivity index (χ1v) is 8.66. The molecule has 1 aliphatic rings. The van der Waals surface area contributed by atoms with Gasteiger partial charge in [-0.05, 0) is 31.0 Å². The SMILES string of the molecule is CC1C(c2ccccc2)CCN1S(=O)(=O)c1ccccc1. The molecule has 3 nitrogen and oxygen atoms in total. The van der Waals surface area contributed by atoms with Gasteiger partial charge in [-0.1, -0.05) is 48.5 Å². The molecule has 1 fully saturated rings. The lowest BCUT2D eigenvalue weighted by Gasteiger charge is -2.24. The number of benzene rings is 2. The molecular formula is C17H19NO2S. The average Bonchev–Trinajstić information content (AvgIpc) is 2.91. The van der Waals surface area contributed by atoms with Gasteiger partial charge in [0, 0.05) is 18.5 Å². The van der Waals surface area contributed by atoms with Crippen LogP contribution in [0.5, 0.6) is 0 Å². The van der Waals surface area contributed by atoms with Crippen LogP contribution in [0.3, 0.4) is 0 Å². The second-order valence-corrected chi connectivity index (χ2v) is 7.37. The summed E-state index contributed by atoms with van der Waals surface area (Å²) in [5, 5.41) is 0. The van der Waals surface area contributed by atoms with Crippen LogP contribution in [0.4, 0.5) is 0 Å². The lowest BCUT2D eigenvalue weighted by Crippen LogP contribution is -2.35. The maximum atomic E-state index is 12.7. The molecule has 2 atom stereocenters. The van der Waals surface area contributed by atoms with E-state index in [0.29, 0.717) is 11.4 Å². The molecule has 0 N–H and O–H groups in total. The molecule has 0 aliphatic carbocycles. The monoisotopic (exact) mass is 301 g/mol. The number of sulfonamides is 1. The van der Waals surface area contributed by atoms with E-state index in [4.69, 9.17) is 0 Å². The lowest BCUT2D eigenvalue weighted by molar-refractivity contribution is 0.393. The van der Waals surface area contributed by atoms with E-state index in [1.165, 1.54) is 5.56 Å². The second kappa shape index (κ2) is 5.62. The summed E-state index contributed by atoms with van der Waals surface area (Å²) < 4.78 is 27.1. The van der Waals surface area contributed by atoms with E-state index in [0.717, 1.165) is 6.42 Å². The molecule has 0 radical (unpaired) electrons. The minimum Gasteiger partial charge on any atom is -0.207 e. The number of hydrogen-bond acceptors (Lipinski definition) is 2. The summed E-state index contributed by atoms with van der Waals surface area (Å²) in [6, 6.07) is 18.9. The molecule has 0 bridgehead atoms. The van der Waals surface area contributed by atoms with Crippen LogP contribution in [-0.2, 0) is 10.0 Å². The zero-order valence-corrected chi connectivity index (χ0v) is 12.8. The lowest BCUT2D eigenvalue weighted by atomic mass is 9.93. The molecule has 21 heavy (non-hydrogen) atoms. The van der Waals surface area contributed by atoms with Gasteiger partial charge in [-0.25, -0.2) is 8.42 Å². The fraction of sp³-hybridized carbons (Fsp3) is 0.294. The fourth-order valence-corrected chi connectivity index (χ4v) is 4.83. The van der Waals surface area contributed by atoms with Crippen LogP contribution in [0.2, 0.25) is 0 Å². The van der Waals surface area contributed by atoms with Crippen molar-refractivity contribution in [2.24, 2.45) is 0 Å². The van der Waals surface area contributed by atoms with Crippen LogP contribution in [-0.4, -0.2) is 25.3 Å². The van der Waals surface area contributed by atoms with Crippen LogP contribution >= 0.6 is 0 Å². The van der Waals surface area contributed by atoms with Crippen molar-refractivity contribution in [2.75, 3.05) is 6.54 Å². The average molecular weight is 301 g/mol. The van der Waals surface area contributed by atoms with Crippen LogP contribution in [0.1, 0.15) is 24.8 Å². The first kappa shape index (κ1) is 14.3. The summed E-state index contributed by atoms with van der Waals surface area (Å²) in [5.74, 6) is 0.268. The van der Waals surface area contributed by atoms with Crippen LogP contribution in [0, 0.1) is 0 Å². The molecule has 2 aromatic carbocycles. The fourth-order valence-electron chi connectivity index (χ4n) is 3.12. The maximum absolute atomic E-state index is 12.7. The van der Waals surface area contributed by atoms with Gasteiger partial charge >= 0.3 is 0 Å². The molecule has 4 heteroatoms. The number of rotatable bonds is 3. The molecule has 0 aromatic heterocycles. The van der Waals surface area contributed by atoms with Gasteiger partial charge in [0.05, 0.1) is 4.90 Å². The summed E-state index contributed by atoms with van der Waals surface area (Å²) in [5.41, 5.74) is 1.22.